The standard InChI is InChI=1S/C16H15BrO2/c1-16(2,11-6-4-3-5-7-11)14-10-12(17)8-9-13(14)15(18)19/h3-10H,1-2H3,(H,18,19)/p-1. The minimum Gasteiger partial charge on any atom is -0.545 e. The third-order valence-electron chi connectivity index (χ3n) is 3.37. The molecule has 0 saturated heterocycles. The molecular weight excluding hydrogens is 304 g/mol. The van der Waals surface area contributed by atoms with Gasteiger partial charge in [-0.1, -0.05) is 66.2 Å². The van der Waals surface area contributed by atoms with Gasteiger partial charge in [0.2, 0.25) is 0 Å². The molecule has 0 fully saturated rings. The maximum atomic E-state index is 11.3. The summed E-state index contributed by atoms with van der Waals surface area (Å²) >= 11 is 3.40. The highest BCUT2D eigenvalue weighted by atomic mass is 79.9. The first-order valence-electron chi connectivity index (χ1n) is 6.00. The second kappa shape index (κ2) is 5.17. The third kappa shape index (κ3) is 2.71. The largest absolute Gasteiger partial charge is 0.545 e. The predicted molar refractivity (Wildman–Crippen MR) is 77.0 cm³/mol. The van der Waals surface area contributed by atoms with Gasteiger partial charge in [-0.2, -0.15) is 0 Å². The molecule has 0 atom stereocenters. The van der Waals surface area contributed by atoms with Crippen molar-refractivity contribution in [3.63, 3.8) is 0 Å². The van der Waals surface area contributed by atoms with E-state index < -0.39 is 11.4 Å². The van der Waals surface area contributed by atoms with Gasteiger partial charge in [-0.05, 0) is 23.3 Å². The zero-order chi connectivity index (χ0) is 14.0. The van der Waals surface area contributed by atoms with E-state index in [0.717, 1.165) is 15.6 Å². The number of benzene rings is 2. The van der Waals surface area contributed by atoms with Crippen molar-refractivity contribution < 1.29 is 9.90 Å². The number of carboxylic acids is 1. The molecule has 0 saturated carbocycles. The zero-order valence-electron chi connectivity index (χ0n) is 10.8. The Hall–Kier alpha value is -1.61. The first-order valence-corrected chi connectivity index (χ1v) is 6.79. The van der Waals surface area contributed by atoms with Gasteiger partial charge in [0, 0.05) is 15.5 Å². The lowest BCUT2D eigenvalue weighted by Gasteiger charge is -2.29. The molecule has 0 radical (unpaired) electrons. The van der Waals surface area contributed by atoms with Crippen molar-refractivity contribution in [2.75, 3.05) is 0 Å². The van der Waals surface area contributed by atoms with Crippen LogP contribution in [-0.2, 0) is 5.41 Å². The first-order chi connectivity index (χ1) is 8.93. The lowest BCUT2D eigenvalue weighted by atomic mass is 9.76. The summed E-state index contributed by atoms with van der Waals surface area (Å²) in [7, 11) is 0. The van der Waals surface area contributed by atoms with Gasteiger partial charge in [-0.15, -0.1) is 0 Å². The van der Waals surface area contributed by atoms with E-state index in [1.54, 1.807) is 12.1 Å². The molecule has 0 heterocycles. The Morgan fingerprint density at radius 1 is 1.11 bits per heavy atom. The van der Waals surface area contributed by atoms with E-state index in [4.69, 9.17) is 0 Å². The van der Waals surface area contributed by atoms with Gasteiger partial charge >= 0.3 is 0 Å². The molecule has 0 spiro atoms. The van der Waals surface area contributed by atoms with Gasteiger partial charge < -0.3 is 9.90 Å². The van der Waals surface area contributed by atoms with Crippen LogP contribution < -0.4 is 5.11 Å². The lowest BCUT2D eigenvalue weighted by Crippen LogP contribution is -2.29. The van der Waals surface area contributed by atoms with Crippen LogP contribution in [0.1, 0.15) is 35.3 Å². The summed E-state index contributed by atoms with van der Waals surface area (Å²) in [6.45, 7) is 4.02. The fourth-order valence-corrected chi connectivity index (χ4v) is 2.58. The van der Waals surface area contributed by atoms with Crippen molar-refractivity contribution in [1.82, 2.24) is 0 Å². The molecule has 98 valence electrons. The summed E-state index contributed by atoms with van der Waals surface area (Å²) < 4.78 is 0.858. The summed E-state index contributed by atoms with van der Waals surface area (Å²) in [5.74, 6) is -1.15. The topological polar surface area (TPSA) is 40.1 Å². The van der Waals surface area contributed by atoms with Crippen LogP contribution in [0.4, 0.5) is 0 Å². The molecule has 2 nitrogen and oxygen atoms in total. The van der Waals surface area contributed by atoms with Crippen LogP contribution in [0.25, 0.3) is 0 Å². The molecule has 0 aromatic heterocycles. The maximum Gasteiger partial charge on any atom is 0.0718 e. The maximum absolute atomic E-state index is 11.3. The van der Waals surface area contributed by atoms with E-state index in [1.807, 2.05) is 50.2 Å². The van der Waals surface area contributed by atoms with Crippen LogP contribution in [0.5, 0.6) is 0 Å². The van der Waals surface area contributed by atoms with E-state index in [0.29, 0.717) is 0 Å². The van der Waals surface area contributed by atoms with Crippen molar-refractivity contribution in [3.8, 4) is 0 Å². The second-order valence-electron chi connectivity index (χ2n) is 4.97. The first kappa shape index (κ1) is 13.8. The van der Waals surface area contributed by atoms with Crippen molar-refractivity contribution in [2.24, 2.45) is 0 Å². The van der Waals surface area contributed by atoms with Crippen molar-refractivity contribution in [2.45, 2.75) is 19.3 Å². The number of halogens is 1. The Balaban J connectivity index is 2.63. The average Bonchev–Trinajstić information content (AvgIpc) is 2.39. The molecule has 0 aliphatic rings. The molecule has 3 heteroatoms. The van der Waals surface area contributed by atoms with Gasteiger partial charge in [-0.3, -0.25) is 0 Å². The third-order valence-corrected chi connectivity index (χ3v) is 3.86. The summed E-state index contributed by atoms with van der Waals surface area (Å²) in [4.78, 5) is 11.3. The van der Waals surface area contributed by atoms with E-state index in [9.17, 15) is 9.90 Å². The fraction of sp³-hybridized carbons (Fsp3) is 0.188. The van der Waals surface area contributed by atoms with Gasteiger partial charge in [-0.25, -0.2) is 0 Å². The molecule has 0 bridgehead atoms. The van der Waals surface area contributed by atoms with E-state index in [-0.39, 0.29) is 5.56 Å². The zero-order valence-corrected chi connectivity index (χ0v) is 12.4. The Kier molecular flexibility index (Phi) is 3.76. The fourth-order valence-electron chi connectivity index (χ4n) is 2.22. The summed E-state index contributed by atoms with van der Waals surface area (Å²) in [5, 5.41) is 11.3. The van der Waals surface area contributed by atoms with Gasteiger partial charge in [0.05, 0.1) is 5.97 Å². The number of hydrogen-bond donors (Lipinski definition) is 0. The number of rotatable bonds is 3. The molecule has 2 rings (SSSR count). The molecule has 0 aliphatic heterocycles. The van der Waals surface area contributed by atoms with Crippen LogP contribution in [-0.4, -0.2) is 5.97 Å². The second-order valence-corrected chi connectivity index (χ2v) is 5.88. The summed E-state index contributed by atoms with van der Waals surface area (Å²) in [5.41, 5.74) is 1.64. The smallest absolute Gasteiger partial charge is 0.0718 e. The monoisotopic (exact) mass is 317 g/mol. The molecule has 19 heavy (non-hydrogen) atoms. The van der Waals surface area contributed by atoms with Crippen molar-refractivity contribution in [1.29, 1.82) is 0 Å². The minimum absolute atomic E-state index is 0.233. The molecule has 0 unspecified atom stereocenters. The Bertz CT molecular complexity index is 603. The van der Waals surface area contributed by atoms with Crippen LogP contribution in [0.3, 0.4) is 0 Å². The van der Waals surface area contributed by atoms with Crippen LogP contribution in [0.15, 0.2) is 53.0 Å². The van der Waals surface area contributed by atoms with Gasteiger partial charge in [0.25, 0.3) is 0 Å². The Labute approximate surface area is 121 Å². The van der Waals surface area contributed by atoms with Crippen LogP contribution in [0.2, 0.25) is 0 Å². The molecular formula is C16H14BrO2-. The predicted octanol–water partition coefficient (Wildman–Crippen LogP) is 3.14. The van der Waals surface area contributed by atoms with E-state index in [1.165, 1.54) is 0 Å². The van der Waals surface area contributed by atoms with Gasteiger partial charge in [0.15, 0.2) is 0 Å². The molecule has 0 amide bonds. The van der Waals surface area contributed by atoms with E-state index >= 15 is 0 Å². The number of aromatic carboxylic acids is 1. The number of hydrogen-bond acceptors (Lipinski definition) is 2. The highest BCUT2D eigenvalue weighted by Crippen LogP contribution is 2.34. The Morgan fingerprint density at radius 3 is 2.32 bits per heavy atom. The summed E-state index contributed by atoms with van der Waals surface area (Å²) in [6.07, 6.45) is 0. The van der Waals surface area contributed by atoms with Crippen LogP contribution in [0, 0.1) is 0 Å². The number of carboxylic acid groups (broad SMARTS) is 1. The normalized spacial score (nSPS) is 11.3. The quantitative estimate of drug-likeness (QED) is 0.872. The Morgan fingerprint density at radius 2 is 1.74 bits per heavy atom. The SMILES string of the molecule is CC(C)(c1ccccc1)c1cc(Br)ccc1C(=O)[O-]. The average molecular weight is 318 g/mol. The highest BCUT2D eigenvalue weighted by molar-refractivity contribution is 9.10. The lowest BCUT2D eigenvalue weighted by molar-refractivity contribution is -0.255. The minimum atomic E-state index is -1.15. The number of carbonyl (C=O) groups excluding carboxylic acids is 1. The number of carbonyl (C=O) groups is 1. The van der Waals surface area contributed by atoms with Crippen molar-refractivity contribution >= 4 is 21.9 Å². The van der Waals surface area contributed by atoms with E-state index in [2.05, 4.69) is 15.9 Å². The van der Waals surface area contributed by atoms with Crippen molar-refractivity contribution in [3.05, 3.63) is 69.7 Å². The van der Waals surface area contributed by atoms with Gasteiger partial charge in [0.1, 0.15) is 0 Å². The van der Waals surface area contributed by atoms with Crippen LogP contribution >= 0.6 is 15.9 Å². The molecule has 2 aromatic rings. The summed E-state index contributed by atoms with van der Waals surface area (Å²) in [6, 6.07) is 15.0. The highest BCUT2D eigenvalue weighted by Gasteiger charge is 2.26. The molecule has 2 aromatic carbocycles. The molecule has 0 N–H and O–H groups in total. The molecule has 0 aliphatic carbocycles.